The molecule has 0 unspecified atom stereocenters. The maximum atomic E-state index is 13.5. The van der Waals surface area contributed by atoms with E-state index in [-0.39, 0.29) is 12.4 Å². The average Bonchev–Trinajstić information content (AvgIpc) is 3.09. The summed E-state index contributed by atoms with van der Waals surface area (Å²) in [5.74, 6) is 0.297. The van der Waals surface area contributed by atoms with E-state index in [2.05, 4.69) is 20.7 Å². The minimum atomic E-state index is -0.429. The average molecular weight is 311 g/mol. The quantitative estimate of drug-likeness (QED) is 0.778. The van der Waals surface area contributed by atoms with Crippen molar-refractivity contribution in [3.63, 3.8) is 0 Å². The lowest BCUT2D eigenvalue weighted by molar-refractivity contribution is 0.251. The van der Waals surface area contributed by atoms with Gasteiger partial charge in [0.15, 0.2) is 5.82 Å². The van der Waals surface area contributed by atoms with Gasteiger partial charge >= 0.3 is 6.03 Å². The third-order valence-corrected chi connectivity index (χ3v) is 3.14. The Balaban J connectivity index is 1.57. The van der Waals surface area contributed by atoms with Gasteiger partial charge in [-0.3, -0.25) is 0 Å². The molecule has 3 aromatic rings. The van der Waals surface area contributed by atoms with Gasteiger partial charge in [0.2, 0.25) is 0 Å². The molecule has 116 valence electrons. The number of carbonyl (C=O) groups excluding carboxylic acids is 1. The Bertz CT molecular complexity index is 786. The number of hydrogen-bond donors (Lipinski definition) is 2. The van der Waals surface area contributed by atoms with Crippen LogP contribution in [0, 0.1) is 5.82 Å². The zero-order chi connectivity index (χ0) is 16.1. The number of rotatable bonds is 4. The predicted octanol–water partition coefficient (Wildman–Crippen LogP) is 2.73. The molecule has 23 heavy (non-hydrogen) atoms. The highest BCUT2D eigenvalue weighted by molar-refractivity contribution is 5.89. The summed E-state index contributed by atoms with van der Waals surface area (Å²) in [7, 11) is 0. The van der Waals surface area contributed by atoms with Crippen molar-refractivity contribution in [2.45, 2.75) is 6.54 Å². The van der Waals surface area contributed by atoms with Crippen molar-refractivity contribution >= 4 is 11.7 Å². The summed E-state index contributed by atoms with van der Waals surface area (Å²) in [6, 6.07) is 11.1. The number of nitrogens with zero attached hydrogens (tertiary/aromatic N) is 3. The molecule has 2 amide bonds. The fourth-order valence-electron chi connectivity index (χ4n) is 1.99. The number of aromatic nitrogens is 3. The molecule has 0 aliphatic carbocycles. The summed E-state index contributed by atoms with van der Waals surface area (Å²) in [4.78, 5) is 16.0. The Morgan fingerprint density at radius 3 is 2.74 bits per heavy atom. The minimum Gasteiger partial charge on any atom is -0.334 e. The zero-order valence-electron chi connectivity index (χ0n) is 12.1. The highest BCUT2D eigenvalue weighted by Crippen LogP contribution is 2.09. The summed E-state index contributed by atoms with van der Waals surface area (Å²) < 4.78 is 15.1. The third kappa shape index (κ3) is 3.70. The first-order valence-corrected chi connectivity index (χ1v) is 6.97. The molecule has 0 bridgehead atoms. The van der Waals surface area contributed by atoms with E-state index in [9.17, 15) is 9.18 Å². The van der Waals surface area contributed by atoms with Gasteiger partial charge in [-0.05, 0) is 24.3 Å². The highest BCUT2D eigenvalue weighted by atomic mass is 19.1. The van der Waals surface area contributed by atoms with Gasteiger partial charge < -0.3 is 10.6 Å². The summed E-state index contributed by atoms with van der Waals surface area (Å²) in [5, 5.41) is 9.30. The van der Waals surface area contributed by atoms with Crippen LogP contribution in [0.1, 0.15) is 5.56 Å². The molecule has 2 heterocycles. The lowest BCUT2D eigenvalue weighted by Crippen LogP contribution is -2.28. The van der Waals surface area contributed by atoms with Crippen molar-refractivity contribution in [2.75, 3.05) is 5.32 Å². The fourth-order valence-corrected chi connectivity index (χ4v) is 1.99. The van der Waals surface area contributed by atoms with E-state index in [0.717, 1.165) is 0 Å². The molecule has 2 N–H and O–H groups in total. The van der Waals surface area contributed by atoms with Crippen molar-refractivity contribution in [3.8, 4) is 5.82 Å². The van der Waals surface area contributed by atoms with Crippen molar-refractivity contribution in [1.82, 2.24) is 20.1 Å². The maximum absolute atomic E-state index is 13.5. The van der Waals surface area contributed by atoms with Gasteiger partial charge in [-0.2, -0.15) is 5.10 Å². The highest BCUT2D eigenvalue weighted by Gasteiger charge is 2.05. The number of hydrogen-bond acceptors (Lipinski definition) is 3. The Morgan fingerprint density at radius 2 is 2.04 bits per heavy atom. The first kappa shape index (κ1) is 14.7. The van der Waals surface area contributed by atoms with E-state index in [0.29, 0.717) is 17.1 Å². The fraction of sp³-hybridized carbons (Fsp3) is 0.0625. The first-order chi connectivity index (χ1) is 11.2. The molecule has 0 aliphatic rings. The Hall–Kier alpha value is -3.22. The Kier molecular flexibility index (Phi) is 4.28. The number of carbonyl (C=O) groups is 1. The van der Waals surface area contributed by atoms with E-state index in [1.54, 1.807) is 53.5 Å². The van der Waals surface area contributed by atoms with Crippen LogP contribution in [-0.2, 0) is 6.54 Å². The number of halogens is 1. The molecule has 0 radical (unpaired) electrons. The van der Waals surface area contributed by atoms with E-state index < -0.39 is 6.03 Å². The topological polar surface area (TPSA) is 71.8 Å². The number of nitrogens with one attached hydrogen (secondary N) is 2. The molecular formula is C16H14FN5O. The SMILES string of the molecule is O=C(NCc1ccccc1F)Nc1ccc(-n2cccn2)nc1. The van der Waals surface area contributed by atoms with Crippen molar-refractivity contribution in [1.29, 1.82) is 0 Å². The van der Waals surface area contributed by atoms with Crippen LogP contribution < -0.4 is 10.6 Å². The van der Waals surface area contributed by atoms with Crippen LogP contribution in [0.25, 0.3) is 5.82 Å². The third-order valence-electron chi connectivity index (χ3n) is 3.14. The largest absolute Gasteiger partial charge is 0.334 e. The molecule has 2 aromatic heterocycles. The monoisotopic (exact) mass is 311 g/mol. The summed E-state index contributed by atoms with van der Waals surface area (Å²) in [6.07, 6.45) is 4.96. The first-order valence-electron chi connectivity index (χ1n) is 6.97. The van der Waals surface area contributed by atoms with E-state index in [4.69, 9.17) is 0 Å². The second-order valence-corrected chi connectivity index (χ2v) is 4.75. The summed E-state index contributed by atoms with van der Waals surface area (Å²) >= 11 is 0. The normalized spacial score (nSPS) is 10.3. The molecule has 0 saturated carbocycles. The molecular weight excluding hydrogens is 297 g/mol. The number of pyridine rings is 1. The molecule has 0 aliphatic heterocycles. The zero-order valence-corrected chi connectivity index (χ0v) is 12.1. The summed E-state index contributed by atoms with van der Waals surface area (Å²) in [5.41, 5.74) is 0.960. The number of urea groups is 1. The van der Waals surface area contributed by atoms with Crippen molar-refractivity contribution in [2.24, 2.45) is 0 Å². The number of amides is 2. The second-order valence-electron chi connectivity index (χ2n) is 4.75. The lowest BCUT2D eigenvalue weighted by atomic mass is 10.2. The molecule has 3 rings (SSSR count). The van der Waals surface area contributed by atoms with Crippen LogP contribution in [-0.4, -0.2) is 20.8 Å². The van der Waals surface area contributed by atoms with Crippen molar-refractivity contribution in [3.05, 3.63) is 72.4 Å². The second kappa shape index (κ2) is 6.69. The van der Waals surface area contributed by atoms with Crippen LogP contribution in [0.15, 0.2) is 61.1 Å². The molecule has 1 aromatic carbocycles. The van der Waals surface area contributed by atoms with Gasteiger partial charge in [-0.1, -0.05) is 18.2 Å². The van der Waals surface area contributed by atoms with E-state index in [1.807, 2.05) is 0 Å². The number of anilines is 1. The Morgan fingerprint density at radius 1 is 1.17 bits per heavy atom. The van der Waals surface area contributed by atoms with Crippen molar-refractivity contribution < 1.29 is 9.18 Å². The molecule has 0 spiro atoms. The van der Waals surface area contributed by atoms with Crippen LogP contribution in [0.2, 0.25) is 0 Å². The van der Waals surface area contributed by atoms with Gasteiger partial charge in [0.1, 0.15) is 5.82 Å². The van der Waals surface area contributed by atoms with Gasteiger partial charge in [0.25, 0.3) is 0 Å². The van der Waals surface area contributed by atoms with Crippen LogP contribution in [0.4, 0.5) is 14.9 Å². The summed E-state index contributed by atoms with van der Waals surface area (Å²) in [6.45, 7) is 0.108. The minimum absolute atomic E-state index is 0.108. The predicted molar refractivity (Wildman–Crippen MR) is 83.6 cm³/mol. The number of benzene rings is 1. The molecule has 6 nitrogen and oxygen atoms in total. The lowest BCUT2D eigenvalue weighted by Gasteiger charge is -2.08. The molecule has 0 atom stereocenters. The molecule has 7 heteroatoms. The van der Waals surface area contributed by atoms with Crippen LogP contribution in [0.3, 0.4) is 0 Å². The van der Waals surface area contributed by atoms with E-state index in [1.165, 1.54) is 12.3 Å². The van der Waals surface area contributed by atoms with Crippen LogP contribution in [0.5, 0.6) is 0 Å². The van der Waals surface area contributed by atoms with Gasteiger partial charge in [0, 0.05) is 24.5 Å². The van der Waals surface area contributed by atoms with E-state index >= 15 is 0 Å². The van der Waals surface area contributed by atoms with Crippen LogP contribution >= 0.6 is 0 Å². The van der Waals surface area contributed by atoms with Gasteiger partial charge in [0.05, 0.1) is 11.9 Å². The maximum Gasteiger partial charge on any atom is 0.319 e. The molecule has 0 saturated heterocycles. The Labute approximate surface area is 132 Å². The van der Waals surface area contributed by atoms with Gasteiger partial charge in [-0.15, -0.1) is 0 Å². The standard InChI is InChI=1S/C16H14FN5O/c17-14-5-2-1-4-12(14)10-19-16(23)21-13-6-7-15(18-11-13)22-9-3-8-20-22/h1-9,11H,10H2,(H2,19,21,23). The molecule has 0 fully saturated rings. The van der Waals surface area contributed by atoms with Gasteiger partial charge in [-0.25, -0.2) is 18.9 Å². The smallest absolute Gasteiger partial charge is 0.319 e.